The summed E-state index contributed by atoms with van der Waals surface area (Å²) in [5.74, 6) is 1.52. The quantitative estimate of drug-likeness (QED) is 0.699. The van der Waals surface area contributed by atoms with Gasteiger partial charge >= 0.3 is 0 Å². The maximum Gasteiger partial charge on any atom is 0.222 e. The fourth-order valence-corrected chi connectivity index (χ4v) is 2.39. The van der Waals surface area contributed by atoms with Gasteiger partial charge < -0.3 is 9.47 Å². The van der Waals surface area contributed by atoms with Crippen molar-refractivity contribution in [2.75, 3.05) is 7.11 Å². The molecule has 0 saturated carbocycles. The van der Waals surface area contributed by atoms with Crippen molar-refractivity contribution in [2.24, 2.45) is 0 Å². The third-order valence-electron chi connectivity index (χ3n) is 3.44. The number of methoxy groups -OCH3 is 1. The molecular formula is C19H19NO2. The average molecular weight is 293 g/mol. The van der Waals surface area contributed by atoms with E-state index in [1.54, 1.807) is 7.11 Å². The first-order valence-corrected chi connectivity index (χ1v) is 7.38. The van der Waals surface area contributed by atoms with E-state index in [0.717, 1.165) is 27.8 Å². The van der Waals surface area contributed by atoms with Crippen molar-refractivity contribution >= 4 is 10.8 Å². The maximum atomic E-state index is 5.90. The summed E-state index contributed by atoms with van der Waals surface area (Å²) in [6, 6.07) is 18.1. The lowest BCUT2D eigenvalue weighted by Gasteiger charge is -2.13. The molecule has 1 heterocycles. The van der Waals surface area contributed by atoms with Crippen LogP contribution in [0.4, 0.5) is 0 Å². The van der Waals surface area contributed by atoms with Crippen LogP contribution in [0.3, 0.4) is 0 Å². The molecule has 0 bridgehead atoms. The summed E-state index contributed by atoms with van der Waals surface area (Å²) in [5, 5.41) is 2.16. The van der Waals surface area contributed by atoms with E-state index >= 15 is 0 Å². The highest BCUT2D eigenvalue weighted by atomic mass is 16.5. The van der Waals surface area contributed by atoms with E-state index in [9.17, 15) is 0 Å². The second-order valence-electron chi connectivity index (χ2n) is 5.43. The number of hydrogen-bond donors (Lipinski definition) is 0. The van der Waals surface area contributed by atoms with Gasteiger partial charge in [0.1, 0.15) is 5.75 Å². The topological polar surface area (TPSA) is 31.4 Å². The highest BCUT2D eigenvalue weighted by Gasteiger charge is 2.10. The van der Waals surface area contributed by atoms with E-state index in [-0.39, 0.29) is 6.10 Å². The van der Waals surface area contributed by atoms with Crippen LogP contribution in [-0.4, -0.2) is 18.2 Å². The summed E-state index contributed by atoms with van der Waals surface area (Å²) in [6.45, 7) is 4.02. The molecule has 1 aromatic heterocycles. The van der Waals surface area contributed by atoms with E-state index in [1.165, 1.54) is 0 Å². The van der Waals surface area contributed by atoms with Gasteiger partial charge in [-0.3, -0.25) is 0 Å². The molecule has 0 fully saturated rings. The lowest BCUT2D eigenvalue weighted by Crippen LogP contribution is -2.07. The Morgan fingerprint density at radius 1 is 0.955 bits per heavy atom. The number of rotatable bonds is 4. The second-order valence-corrected chi connectivity index (χ2v) is 5.43. The Kier molecular flexibility index (Phi) is 3.96. The SMILES string of the molecule is COc1ccc(-c2cc3ccccc3c(OC(C)C)n2)cc1. The molecule has 22 heavy (non-hydrogen) atoms. The standard InChI is InChI=1S/C19H19NO2/c1-13(2)22-19-17-7-5-4-6-15(17)12-18(20-19)14-8-10-16(21-3)11-9-14/h4-13H,1-3H3. The fraction of sp³-hybridized carbons (Fsp3) is 0.211. The first kappa shape index (κ1) is 14.4. The van der Waals surface area contributed by atoms with Gasteiger partial charge in [0, 0.05) is 10.9 Å². The summed E-state index contributed by atoms with van der Waals surface area (Å²) in [7, 11) is 1.66. The van der Waals surface area contributed by atoms with Crippen LogP contribution in [0.2, 0.25) is 0 Å². The smallest absolute Gasteiger partial charge is 0.222 e. The lowest BCUT2D eigenvalue weighted by molar-refractivity contribution is 0.236. The van der Waals surface area contributed by atoms with Crippen molar-refractivity contribution in [3.8, 4) is 22.9 Å². The van der Waals surface area contributed by atoms with Gasteiger partial charge in [-0.05, 0) is 55.6 Å². The lowest BCUT2D eigenvalue weighted by atomic mass is 10.1. The van der Waals surface area contributed by atoms with Crippen LogP contribution < -0.4 is 9.47 Å². The van der Waals surface area contributed by atoms with E-state index in [4.69, 9.17) is 14.5 Å². The van der Waals surface area contributed by atoms with Crippen LogP contribution in [0.25, 0.3) is 22.0 Å². The molecule has 3 nitrogen and oxygen atoms in total. The number of benzene rings is 2. The summed E-state index contributed by atoms with van der Waals surface area (Å²) in [6.07, 6.45) is 0.0852. The Hall–Kier alpha value is -2.55. The monoisotopic (exact) mass is 293 g/mol. The summed E-state index contributed by atoms with van der Waals surface area (Å²) in [4.78, 5) is 4.70. The number of fused-ring (bicyclic) bond motifs is 1. The van der Waals surface area contributed by atoms with Gasteiger partial charge in [-0.2, -0.15) is 0 Å². The van der Waals surface area contributed by atoms with Crippen molar-refractivity contribution < 1.29 is 9.47 Å². The summed E-state index contributed by atoms with van der Waals surface area (Å²) in [5.41, 5.74) is 1.94. The predicted octanol–water partition coefficient (Wildman–Crippen LogP) is 4.70. The first-order valence-electron chi connectivity index (χ1n) is 7.38. The number of nitrogens with zero attached hydrogens (tertiary/aromatic N) is 1. The largest absolute Gasteiger partial charge is 0.497 e. The van der Waals surface area contributed by atoms with Gasteiger partial charge in [-0.25, -0.2) is 4.98 Å². The molecule has 0 aliphatic carbocycles. The fourth-order valence-electron chi connectivity index (χ4n) is 2.39. The molecule has 0 N–H and O–H groups in total. The average Bonchev–Trinajstić information content (AvgIpc) is 2.54. The van der Waals surface area contributed by atoms with Crippen LogP contribution >= 0.6 is 0 Å². The van der Waals surface area contributed by atoms with Gasteiger partial charge in [-0.1, -0.05) is 18.2 Å². The number of hydrogen-bond acceptors (Lipinski definition) is 3. The minimum absolute atomic E-state index is 0.0852. The van der Waals surface area contributed by atoms with Crippen molar-refractivity contribution in [3.05, 3.63) is 54.6 Å². The van der Waals surface area contributed by atoms with Gasteiger partial charge in [0.2, 0.25) is 5.88 Å². The molecule has 3 rings (SSSR count). The van der Waals surface area contributed by atoms with Crippen molar-refractivity contribution in [2.45, 2.75) is 20.0 Å². The third kappa shape index (κ3) is 2.89. The minimum Gasteiger partial charge on any atom is -0.497 e. The number of aromatic nitrogens is 1. The first-order chi connectivity index (χ1) is 10.7. The predicted molar refractivity (Wildman–Crippen MR) is 89.5 cm³/mol. The molecule has 0 amide bonds. The Labute approximate surface area is 130 Å². The van der Waals surface area contributed by atoms with Crippen molar-refractivity contribution in [3.63, 3.8) is 0 Å². The molecule has 112 valence electrons. The minimum atomic E-state index is 0.0852. The van der Waals surface area contributed by atoms with Crippen LogP contribution in [-0.2, 0) is 0 Å². The summed E-state index contributed by atoms with van der Waals surface area (Å²) < 4.78 is 11.1. The molecule has 0 aliphatic rings. The van der Waals surface area contributed by atoms with Crippen LogP contribution in [0, 0.1) is 0 Å². The molecule has 3 aromatic rings. The van der Waals surface area contributed by atoms with Gasteiger partial charge in [0.15, 0.2) is 0 Å². The molecule has 0 radical (unpaired) electrons. The number of ether oxygens (including phenoxy) is 2. The molecule has 0 saturated heterocycles. The third-order valence-corrected chi connectivity index (χ3v) is 3.44. The van der Waals surface area contributed by atoms with Crippen LogP contribution in [0.5, 0.6) is 11.6 Å². The van der Waals surface area contributed by atoms with E-state index in [2.05, 4.69) is 12.1 Å². The molecule has 2 aromatic carbocycles. The second kappa shape index (κ2) is 6.06. The Morgan fingerprint density at radius 2 is 1.68 bits per heavy atom. The van der Waals surface area contributed by atoms with Crippen LogP contribution in [0.15, 0.2) is 54.6 Å². The Morgan fingerprint density at radius 3 is 2.36 bits per heavy atom. The van der Waals surface area contributed by atoms with E-state index in [1.807, 2.05) is 56.3 Å². The zero-order valence-electron chi connectivity index (χ0n) is 13.0. The van der Waals surface area contributed by atoms with E-state index in [0.29, 0.717) is 5.88 Å². The van der Waals surface area contributed by atoms with Gasteiger partial charge in [0.25, 0.3) is 0 Å². The zero-order chi connectivity index (χ0) is 15.5. The van der Waals surface area contributed by atoms with E-state index < -0.39 is 0 Å². The Balaban J connectivity index is 2.12. The molecule has 0 aliphatic heterocycles. The van der Waals surface area contributed by atoms with Crippen molar-refractivity contribution in [1.82, 2.24) is 4.98 Å². The Bertz CT molecular complexity index is 779. The van der Waals surface area contributed by atoms with Gasteiger partial charge in [0.05, 0.1) is 18.9 Å². The highest BCUT2D eigenvalue weighted by molar-refractivity contribution is 5.90. The summed E-state index contributed by atoms with van der Waals surface area (Å²) >= 11 is 0. The zero-order valence-corrected chi connectivity index (χ0v) is 13.0. The molecule has 0 atom stereocenters. The molecular weight excluding hydrogens is 274 g/mol. The van der Waals surface area contributed by atoms with Crippen molar-refractivity contribution in [1.29, 1.82) is 0 Å². The highest BCUT2D eigenvalue weighted by Crippen LogP contribution is 2.30. The normalized spacial score (nSPS) is 10.9. The molecule has 3 heteroatoms. The molecule has 0 unspecified atom stereocenters. The van der Waals surface area contributed by atoms with Gasteiger partial charge in [-0.15, -0.1) is 0 Å². The maximum absolute atomic E-state index is 5.90. The number of pyridine rings is 1. The van der Waals surface area contributed by atoms with Crippen LogP contribution in [0.1, 0.15) is 13.8 Å². The molecule has 0 spiro atoms.